The van der Waals surface area contributed by atoms with Gasteiger partial charge in [0.2, 0.25) is 0 Å². The number of hydrogen-bond donors (Lipinski definition) is 1. The summed E-state index contributed by atoms with van der Waals surface area (Å²) < 4.78 is 24.3. The second kappa shape index (κ2) is 2.87. The molecule has 4 heteroatoms. The summed E-state index contributed by atoms with van der Waals surface area (Å²) in [5.74, 6) is 0. The fraction of sp³-hybridized carbons (Fsp3) is 0.429. The van der Waals surface area contributed by atoms with Crippen molar-refractivity contribution in [3.05, 3.63) is 22.4 Å². The second-order valence-corrected chi connectivity index (χ2v) is 3.24. The second-order valence-electron chi connectivity index (χ2n) is 2.46. The summed E-state index contributed by atoms with van der Waals surface area (Å²) in [5, 5.41) is 12.4. The monoisotopic (exact) mass is 178 g/mol. The third-order valence-corrected chi connectivity index (χ3v) is 2.21. The molecule has 0 bridgehead atoms. The molecule has 0 fully saturated rings. The SMILES string of the molecule is CC(O)(c1ccsc1)C(F)F. The van der Waals surface area contributed by atoms with Crippen LogP contribution in [0, 0.1) is 0 Å². The Balaban J connectivity index is 2.90. The van der Waals surface area contributed by atoms with Crippen molar-refractivity contribution < 1.29 is 13.9 Å². The molecular weight excluding hydrogens is 170 g/mol. The Bertz CT molecular complexity index is 218. The van der Waals surface area contributed by atoms with Crippen LogP contribution >= 0.6 is 11.3 Å². The maximum absolute atomic E-state index is 12.1. The first-order valence-corrected chi connectivity index (χ1v) is 4.02. The number of aliphatic hydroxyl groups is 1. The lowest BCUT2D eigenvalue weighted by atomic mass is 10.0. The average Bonchev–Trinajstić information content (AvgIpc) is 2.37. The molecule has 1 N–H and O–H groups in total. The van der Waals surface area contributed by atoms with E-state index in [1.54, 1.807) is 5.38 Å². The van der Waals surface area contributed by atoms with Gasteiger partial charge in [-0.1, -0.05) is 0 Å². The molecule has 1 aromatic rings. The number of alkyl halides is 2. The molecule has 1 heterocycles. The Morgan fingerprint density at radius 1 is 1.64 bits per heavy atom. The molecule has 1 aromatic heterocycles. The quantitative estimate of drug-likeness (QED) is 0.736. The lowest BCUT2D eigenvalue weighted by Crippen LogP contribution is -2.29. The molecule has 1 rings (SSSR count). The molecule has 11 heavy (non-hydrogen) atoms. The maximum atomic E-state index is 12.1. The predicted molar refractivity (Wildman–Crippen MR) is 39.9 cm³/mol. The Labute approximate surface area is 67.3 Å². The highest BCUT2D eigenvalue weighted by atomic mass is 32.1. The van der Waals surface area contributed by atoms with Crippen molar-refractivity contribution in [1.29, 1.82) is 0 Å². The first-order chi connectivity index (χ1) is 5.05. The van der Waals surface area contributed by atoms with Crippen LogP contribution in [0.3, 0.4) is 0 Å². The van der Waals surface area contributed by atoms with E-state index in [4.69, 9.17) is 0 Å². The van der Waals surface area contributed by atoms with Crippen molar-refractivity contribution in [2.45, 2.75) is 19.0 Å². The number of rotatable bonds is 2. The maximum Gasteiger partial charge on any atom is 0.270 e. The van der Waals surface area contributed by atoms with Crippen LogP contribution in [0.1, 0.15) is 12.5 Å². The minimum Gasteiger partial charge on any atom is -0.379 e. The van der Waals surface area contributed by atoms with Gasteiger partial charge in [0.1, 0.15) is 5.60 Å². The van der Waals surface area contributed by atoms with Gasteiger partial charge in [0.05, 0.1) is 0 Å². The van der Waals surface area contributed by atoms with E-state index in [2.05, 4.69) is 0 Å². The minimum atomic E-state index is -2.74. The Hall–Kier alpha value is -0.480. The summed E-state index contributed by atoms with van der Waals surface area (Å²) in [6, 6.07) is 1.50. The van der Waals surface area contributed by atoms with Crippen LogP contribution in [0.2, 0.25) is 0 Å². The predicted octanol–water partition coefficient (Wildman–Crippen LogP) is 2.22. The van der Waals surface area contributed by atoms with Gasteiger partial charge in [-0.2, -0.15) is 11.3 Å². The van der Waals surface area contributed by atoms with Crippen molar-refractivity contribution >= 4 is 11.3 Å². The molecule has 0 aliphatic carbocycles. The summed E-state index contributed by atoms with van der Waals surface area (Å²) in [6.07, 6.45) is -2.74. The van der Waals surface area contributed by atoms with Crippen LogP contribution in [0.15, 0.2) is 16.8 Å². The van der Waals surface area contributed by atoms with Gasteiger partial charge >= 0.3 is 0 Å². The molecule has 62 valence electrons. The van der Waals surface area contributed by atoms with E-state index in [9.17, 15) is 13.9 Å². The zero-order chi connectivity index (χ0) is 8.48. The number of halogens is 2. The topological polar surface area (TPSA) is 20.2 Å². The highest BCUT2D eigenvalue weighted by Crippen LogP contribution is 2.28. The fourth-order valence-electron chi connectivity index (χ4n) is 0.678. The van der Waals surface area contributed by atoms with Crippen LogP contribution < -0.4 is 0 Å². The lowest BCUT2D eigenvalue weighted by Gasteiger charge is -2.20. The molecular formula is C7H8F2OS. The first-order valence-electron chi connectivity index (χ1n) is 3.08. The largest absolute Gasteiger partial charge is 0.379 e. The molecule has 0 aliphatic rings. The van der Waals surface area contributed by atoms with Crippen molar-refractivity contribution in [3.8, 4) is 0 Å². The molecule has 1 unspecified atom stereocenters. The van der Waals surface area contributed by atoms with Crippen LogP contribution in [-0.2, 0) is 5.60 Å². The van der Waals surface area contributed by atoms with Crippen LogP contribution in [0.4, 0.5) is 8.78 Å². The smallest absolute Gasteiger partial charge is 0.270 e. The summed E-state index contributed by atoms with van der Waals surface area (Å²) in [5.41, 5.74) is -1.72. The summed E-state index contributed by atoms with van der Waals surface area (Å²) in [4.78, 5) is 0. The van der Waals surface area contributed by atoms with E-state index in [0.717, 1.165) is 6.92 Å². The van der Waals surface area contributed by atoms with E-state index in [1.807, 2.05) is 0 Å². The van der Waals surface area contributed by atoms with Crippen LogP contribution in [0.5, 0.6) is 0 Å². The van der Waals surface area contributed by atoms with Gasteiger partial charge in [-0.25, -0.2) is 8.78 Å². The molecule has 1 nitrogen and oxygen atoms in total. The summed E-state index contributed by atoms with van der Waals surface area (Å²) in [7, 11) is 0. The highest BCUT2D eigenvalue weighted by Gasteiger charge is 2.34. The average molecular weight is 178 g/mol. The van der Waals surface area contributed by atoms with Gasteiger partial charge in [-0.15, -0.1) is 0 Å². The third kappa shape index (κ3) is 1.57. The number of thiophene rings is 1. The molecule has 0 saturated heterocycles. The first kappa shape index (κ1) is 8.62. The van der Waals surface area contributed by atoms with E-state index in [1.165, 1.54) is 22.8 Å². The molecule has 1 atom stereocenters. The van der Waals surface area contributed by atoms with E-state index < -0.39 is 12.0 Å². The molecule has 0 aliphatic heterocycles. The third-order valence-electron chi connectivity index (χ3n) is 1.53. The Morgan fingerprint density at radius 3 is 2.64 bits per heavy atom. The zero-order valence-electron chi connectivity index (χ0n) is 5.92. The van der Waals surface area contributed by atoms with Crippen molar-refractivity contribution in [1.82, 2.24) is 0 Å². The van der Waals surface area contributed by atoms with Crippen molar-refractivity contribution in [2.75, 3.05) is 0 Å². The van der Waals surface area contributed by atoms with Crippen molar-refractivity contribution in [3.63, 3.8) is 0 Å². The van der Waals surface area contributed by atoms with Crippen molar-refractivity contribution in [2.24, 2.45) is 0 Å². The standard InChI is InChI=1S/C7H8F2OS/c1-7(10,6(8)9)5-2-3-11-4-5/h2-4,6,10H,1H3. The van der Waals surface area contributed by atoms with Gasteiger partial charge in [0, 0.05) is 0 Å². The number of hydrogen-bond acceptors (Lipinski definition) is 2. The van der Waals surface area contributed by atoms with Gasteiger partial charge in [0.25, 0.3) is 6.43 Å². The van der Waals surface area contributed by atoms with Gasteiger partial charge in [-0.05, 0) is 29.3 Å². The van der Waals surface area contributed by atoms with E-state index in [-0.39, 0.29) is 5.56 Å². The molecule has 0 saturated carbocycles. The van der Waals surface area contributed by atoms with Gasteiger partial charge < -0.3 is 5.11 Å². The summed E-state index contributed by atoms with van der Waals surface area (Å²) in [6.45, 7) is 1.11. The molecule has 0 radical (unpaired) electrons. The molecule has 0 amide bonds. The molecule has 0 aromatic carbocycles. The highest BCUT2D eigenvalue weighted by molar-refractivity contribution is 7.08. The van der Waals surface area contributed by atoms with E-state index in [0.29, 0.717) is 0 Å². The fourth-order valence-corrected chi connectivity index (χ4v) is 1.45. The summed E-state index contributed by atoms with van der Waals surface area (Å²) >= 11 is 1.29. The van der Waals surface area contributed by atoms with Crippen LogP contribution in [0.25, 0.3) is 0 Å². The zero-order valence-corrected chi connectivity index (χ0v) is 6.74. The molecule has 0 spiro atoms. The van der Waals surface area contributed by atoms with Gasteiger partial charge in [-0.3, -0.25) is 0 Å². The lowest BCUT2D eigenvalue weighted by molar-refractivity contribution is -0.0880. The minimum absolute atomic E-state index is 0.275. The van der Waals surface area contributed by atoms with Crippen LogP contribution in [-0.4, -0.2) is 11.5 Å². The van der Waals surface area contributed by atoms with Gasteiger partial charge in [0.15, 0.2) is 0 Å². The van der Waals surface area contributed by atoms with E-state index >= 15 is 0 Å². The Kier molecular flexibility index (Phi) is 2.25. The normalized spacial score (nSPS) is 16.8. The Morgan fingerprint density at radius 2 is 2.27 bits per heavy atom.